The summed E-state index contributed by atoms with van der Waals surface area (Å²) in [6.07, 6.45) is 8.48. The van der Waals surface area contributed by atoms with Gasteiger partial charge in [0.2, 0.25) is 0 Å². The maximum absolute atomic E-state index is 3.67. The Balaban J connectivity index is 1.77. The smallest absolute Gasteiger partial charge is 0.0153 e. The van der Waals surface area contributed by atoms with E-state index in [9.17, 15) is 0 Å². The summed E-state index contributed by atoms with van der Waals surface area (Å²) in [5.74, 6) is 0.936. The summed E-state index contributed by atoms with van der Waals surface area (Å²) < 4.78 is 0. The van der Waals surface area contributed by atoms with E-state index < -0.39 is 0 Å². The molecular weight excluding hydrogens is 208 g/mol. The second kappa shape index (κ2) is 5.71. The van der Waals surface area contributed by atoms with E-state index in [1.807, 2.05) is 0 Å². The third-order valence-corrected chi connectivity index (χ3v) is 4.97. The number of nitrogens with one attached hydrogen (secondary N) is 1. The second-order valence-electron chi connectivity index (χ2n) is 6.55. The minimum absolute atomic E-state index is 0.465. The van der Waals surface area contributed by atoms with E-state index in [-0.39, 0.29) is 0 Å². The van der Waals surface area contributed by atoms with Gasteiger partial charge in [-0.05, 0) is 71.5 Å². The fourth-order valence-electron chi connectivity index (χ4n) is 3.81. The molecule has 0 spiro atoms. The van der Waals surface area contributed by atoms with Crippen LogP contribution in [0.5, 0.6) is 0 Å². The minimum Gasteiger partial charge on any atom is -0.314 e. The van der Waals surface area contributed by atoms with Crippen molar-refractivity contribution >= 4 is 0 Å². The number of rotatable bonds is 5. The van der Waals surface area contributed by atoms with E-state index in [4.69, 9.17) is 0 Å². The Labute approximate surface area is 107 Å². The van der Waals surface area contributed by atoms with Gasteiger partial charge in [0.15, 0.2) is 0 Å². The van der Waals surface area contributed by atoms with E-state index >= 15 is 0 Å². The second-order valence-corrected chi connectivity index (χ2v) is 6.55. The van der Waals surface area contributed by atoms with Gasteiger partial charge in [0.1, 0.15) is 0 Å². The highest BCUT2D eigenvalue weighted by atomic mass is 15.2. The van der Waals surface area contributed by atoms with Gasteiger partial charge >= 0.3 is 0 Å². The molecule has 1 aliphatic carbocycles. The van der Waals surface area contributed by atoms with E-state index in [1.54, 1.807) is 0 Å². The first-order valence-electron chi connectivity index (χ1n) is 7.62. The summed E-state index contributed by atoms with van der Waals surface area (Å²) in [7, 11) is 0. The molecule has 2 nitrogen and oxygen atoms in total. The zero-order chi connectivity index (χ0) is 12.3. The van der Waals surface area contributed by atoms with Crippen molar-refractivity contribution in [3.8, 4) is 0 Å². The normalized spacial score (nSPS) is 33.4. The maximum atomic E-state index is 3.67. The summed E-state index contributed by atoms with van der Waals surface area (Å²) in [6.45, 7) is 10.8. The quantitative estimate of drug-likeness (QED) is 0.792. The van der Waals surface area contributed by atoms with Crippen molar-refractivity contribution in [1.82, 2.24) is 10.2 Å². The molecule has 2 atom stereocenters. The van der Waals surface area contributed by atoms with Gasteiger partial charge in [0.05, 0.1) is 0 Å². The molecule has 0 bridgehead atoms. The van der Waals surface area contributed by atoms with Crippen LogP contribution in [0.15, 0.2) is 0 Å². The molecule has 0 aromatic carbocycles. The lowest BCUT2D eigenvalue weighted by Gasteiger charge is -2.33. The lowest BCUT2D eigenvalue weighted by Crippen LogP contribution is -2.40. The van der Waals surface area contributed by atoms with Gasteiger partial charge in [-0.25, -0.2) is 0 Å². The molecule has 2 heteroatoms. The molecule has 0 aromatic heterocycles. The van der Waals surface area contributed by atoms with Gasteiger partial charge < -0.3 is 5.32 Å². The van der Waals surface area contributed by atoms with Crippen molar-refractivity contribution < 1.29 is 0 Å². The Morgan fingerprint density at radius 1 is 1.24 bits per heavy atom. The SMILES string of the molecule is CCNC1CCCC1CCN1CCCC1(C)C. The third-order valence-electron chi connectivity index (χ3n) is 4.97. The fraction of sp³-hybridized carbons (Fsp3) is 1.00. The predicted octanol–water partition coefficient (Wildman–Crippen LogP) is 3.03. The molecule has 1 aliphatic heterocycles. The average Bonchev–Trinajstić information content (AvgIpc) is 2.83. The molecule has 1 saturated carbocycles. The van der Waals surface area contributed by atoms with E-state index in [0.717, 1.165) is 18.5 Å². The summed E-state index contributed by atoms with van der Waals surface area (Å²) >= 11 is 0. The Kier molecular flexibility index (Phi) is 4.48. The van der Waals surface area contributed by atoms with Crippen LogP contribution in [-0.4, -0.2) is 36.1 Å². The lowest BCUT2D eigenvalue weighted by atomic mass is 9.97. The number of hydrogen-bond acceptors (Lipinski definition) is 2. The van der Waals surface area contributed by atoms with Crippen LogP contribution in [0.2, 0.25) is 0 Å². The van der Waals surface area contributed by atoms with Crippen molar-refractivity contribution in [3.63, 3.8) is 0 Å². The number of hydrogen-bond donors (Lipinski definition) is 1. The maximum Gasteiger partial charge on any atom is 0.0153 e. The highest BCUT2D eigenvalue weighted by molar-refractivity contribution is 4.90. The lowest BCUT2D eigenvalue weighted by molar-refractivity contribution is 0.159. The summed E-state index contributed by atoms with van der Waals surface area (Å²) in [5, 5.41) is 3.67. The molecule has 2 fully saturated rings. The van der Waals surface area contributed by atoms with Gasteiger partial charge in [-0.2, -0.15) is 0 Å². The van der Waals surface area contributed by atoms with Crippen LogP contribution in [0, 0.1) is 5.92 Å². The number of nitrogens with zero attached hydrogens (tertiary/aromatic N) is 1. The largest absolute Gasteiger partial charge is 0.314 e. The van der Waals surface area contributed by atoms with E-state index in [1.165, 1.54) is 51.6 Å². The molecular formula is C15H30N2. The molecule has 2 aliphatic rings. The first kappa shape index (κ1) is 13.4. The molecule has 1 N–H and O–H groups in total. The summed E-state index contributed by atoms with van der Waals surface area (Å²) in [5.41, 5.74) is 0.465. The van der Waals surface area contributed by atoms with Gasteiger partial charge in [0, 0.05) is 11.6 Å². The van der Waals surface area contributed by atoms with Crippen LogP contribution in [0.3, 0.4) is 0 Å². The predicted molar refractivity (Wildman–Crippen MR) is 74.3 cm³/mol. The first-order chi connectivity index (χ1) is 8.13. The zero-order valence-electron chi connectivity index (χ0n) is 12.0. The van der Waals surface area contributed by atoms with Crippen molar-refractivity contribution in [2.24, 2.45) is 5.92 Å². The average molecular weight is 238 g/mol. The first-order valence-corrected chi connectivity index (χ1v) is 7.62. The van der Waals surface area contributed by atoms with Crippen molar-refractivity contribution in [3.05, 3.63) is 0 Å². The van der Waals surface area contributed by atoms with Crippen molar-refractivity contribution in [2.75, 3.05) is 19.6 Å². The van der Waals surface area contributed by atoms with E-state index in [0.29, 0.717) is 5.54 Å². The minimum atomic E-state index is 0.465. The monoisotopic (exact) mass is 238 g/mol. The standard InChI is InChI=1S/C15H30N2/c1-4-16-14-8-5-7-13(14)9-12-17-11-6-10-15(17,2)3/h13-14,16H,4-12H2,1-3H3. The highest BCUT2D eigenvalue weighted by Crippen LogP contribution is 2.32. The third kappa shape index (κ3) is 3.23. The molecule has 1 saturated heterocycles. The van der Waals surface area contributed by atoms with E-state index in [2.05, 4.69) is 31.0 Å². The van der Waals surface area contributed by atoms with Gasteiger partial charge in [-0.15, -0.1) is 0 Å². The molecule has 0 amide bonds. The van der Waals surface area contributed by atoms with Gasteiger partial charge in [0.25, 0.3) is 0 Å². The molecule has 0 radical (unpaired) electrons. The molecule has 2 rings (SSSR count). The molecule has 0 aromatic rings. The van der Waals surface area contributed by atoms with Crippen molar-refractivity contribution in [1.29, 1.82) is 0 Å². The Morgan fingerprint density at radius 2 is 2.06 bits per heavy atom. The van der Waals surface area contributed by atoms with Crippen LogP contribution < -0.4 is 5.32 Å². The Bertz CT molecular complexity index is 237. The number of likely N-dealkylation sites (tertiary alicyclic amines) is 1. The molecule has 1 heterocycles. The fourth-order valence-corrected chi connectivity index (χ4v) is 3.81. The van der Waals surface area contributed by atoms with Gasteiger partial charge in [-0.3, -0.25) is 4.90 Å². The molecule has 2 unspecified atom stereocenters. The summed E-state index contributed by atoms with van der Waals surface area (Å²) in [6, 6.07) is 0.811. The highest BCUT2D eigenvalue weighted by Gasteiger charge is 2.33. The Morgan fingerprint density at radius 3 is 2.71 bits per heavy atom. The Hall–Kier alpha value is -0.0800. The molecule has 100 valence electrons. The van der Waals surface area contributed by atoms with Gasteiger partial charge in [-0.1, -0.05) is 13.3 Å². The summed E-state index contributed by atoms with van der Waals surface area (Å²) in [4.78, 5) is 2.72. The zero-order valence-corrected chi connectivity index (χ0v) is 12.0. The molecule has 17 heavy (non-hydrogen) atoms. The van der Waals surface area contributed by atoms with Crippen LogP contribution in [0.4, 0.5) is 0 Å². The van der Waals surface area contributed by atoms with Crippen LogP contribution in [0.25, 0.3) is 0 Å². The topological polar surface area (TPSA) is 15.3 Å². The van der Waals surface area contributed by atoms with Crippen LogP contribution in [0.1, 0.15) is 59.3 Å². The van der Waals surface area contributed by atoms with Crippen molar-refractivity contribution in [2.45, 2.75) is 70.9 Å². The van der Waals surface area contributed by atoms with Crippen LogP contribution >= 0.6 is 0 Å². The van der Waals surface area contributed by atoms with Crippen LogP contribution in [-0.2, 0) is 0 Å².